The predicted molar refractivity (Wildman–Crippen MR) is 53.4 cm³/mol. The Morgan fingerprint density at radius 3 is 2.73 bits per heavy atom. The monoisotopic (exact) mass is 228 g/mol. The van der Waals surface area contributed by atoms with Gasteiger partial charge in [0.15, 0.2) is 11.5 Å². The maximum absolute atomic E-state index is 12.6. The molecule has 1 aromatic rings. The summed E-state index contributed by atoms with van der Waals surface area (Å²) in [4.78, 5) is 0. The largest absolute Gasteiger partial charge is 0.586 e. The van der Waals surface area contributed by atoms with Gasteiger partial charge in [-0.05, 0) is 12.1 Å². The lowest BCUT2D eigenvalue weighted by Crippen LogP contribution is -2.25. The van der Waals surface area contributed by atoms with Gasteiger partial charge in [-0.2, -0.15) is 12.6 Å². The Morgan fingerprint density at radius 1 is 1.27 bits per heavy atom. The van der Waals surface area contributed by atoms with Crippen molar-refractivity contribution in [2.75, 3.05) is 5.75 Å². The molecule has 0 saturated carbocycles. The molecule has 0 saturated heterocycles. The van der Waals surface area contributed by atoms with Gasteiger partial charge in [0.1, 0.15) is 0 Å². The molecule has 1 aliphatic heterocycles. The zero-order chi connectivity index (χ0) is 10.9. The summed E-state index contributed by atoms with van der Waals surface area (Å²) in [6.07, 6.45) is -3.57. The third kappa shape index (κ3) is 2.16. The van der Waals surface area contributed by atoms with Crippen LogP contribution < -0.4 is 9.47 Å². The number of rotatable bonds is 0. The number of benzene rings is 1. The average molecular weight is 228 g/mol. The Kier molecular flexibility index (Phi) is 2.45. The number of alkyl halides is 2. The molecule has 0 spiro atoms. The number of halogens is 2. The maximum Gasteiger partial charge on any atom is 0.586 e. The van der Waals surface area contributed by atoms with Crippen molar-refractivity contribution in [3.63, 3.8) is 0 Å². The minimum absolute atomic E-state index is 0.00552. The smallest absolute Gasteiger partial charge is 0.395 e. The lowest BCUT2D eigenvalue weighted by atomic mass is 10.2. The number of hydrogen-bond acceptors (Lipinski definition) is 3. The van der Waals surface area contributed by atoms with Crippen LogP contribution in [0.15, 0.2) is 18.2 Å². The van der Waals surface area contributed by atoms with Gasteiger partial charge >= 0.3 is 6.29 Å². The number of hydrogen-bond donors (Lipinski definition) is 1. The van der Waals surface area contributed by atoms with Crippen LogP contribution in [0.3, 0.4) is 0 Å². The van der Waals surface area contributed by atoms with Crippen molar-refractivity contribution in [3.8, 4) is 23.3 Å². The van der Waals surface area contributed by atoms with Crippen molar-refractivity contribution in [1.29, 1.82) is 0 Å². The van der Waals surface area contributed by atoms with Gasteiger partial charge in [-0.15, -0.1) is 8.78 Å². The highest BCUT2D eigenvalue weighted by molar-refractivity contribution is 7.80. The van der Waals surface area contributed by atoms with E-state index < -0.39 is 6.29 Å². The normalized spacial score (nSPS) is 15.7. The SMILES string of the molecule is FC1(F)Oc2ccc(C#CCS)cc2O1. The molecule has 15 heavy (non-hydrogen) atoms. The average Bonchev–Trinajstić information content (AvgIpc) is 2.47. The first-order valence-corrected chi connectivity index (χ1v) is 4.73. The van der Waals surface area contributed by atoms with Crippen LogP contribution in [0.25, 0.3) is 0 Å². The van der Waals surface area contributed by atoms with Crippen molar-refractivity contribution in [2.24, 2.45) is 0 Å². The van der Waals surface area contributed by atoms with Gasteiger partial charge in [0.2, 0.25) is 0 Å². The molecule has 0 bridgehead atoms. The van der Waals surface area contributed by atoms with Gasteiger partial charge in [-0.1, -0.05) is 11.8 Å². The van der Waals surface area contributed by atoms with Gasteiger partial charge < -0.3 is 9.47 Å². The molecule has 0 aliphatic carbocycles. The summed E-state index contributed by atoms with van der Waals surface area (Å²) in [5, 5.41) is 0. The number of thiol groups is 1. The van der Waals surface area contributed by atoms with Gasteiger partial charge in [-0.25, -0.2) is 0 Å². The van der Waals surface area contributed by atoms with Crippen LogP contribution in [0.2, 0.25) is 0 Å². The third-order valence-electron chi connectivity index (χ3n) is 1.71. The molecule has 0 radical (unpaired) electrons. The summed E-state index contributed by atoms with van der Waals surface area (Å²) in [7, 11) is 0. The van der Waals surface area contributed by atoms with Gasteiger partial charge in [0, 0.05) is 11.6 Å². The van der Waals surface area contributed by atoms with Crippen LogP contribution in [-0.4, -0.2) is 12.0 Å². The van der Waals surface area contributed by atoms with Crippen molar-refractivity contribution in [2.45, 2.75) is 6.29 Å². The van der Waals surface area contributed by atoms with E-state index in [9.17, 15) is 8.78 Å². The third-order valence-corrected chi connectivity index (χ3v) is 1.87. The zero-order valence-electron chi connectivity index (χ0n) is 7.46. The first-order valence-electron chi connectivity index (χ1n) is 4.10. The first-order chi connectivity index (χ1) is 7.11. The summed E-state index contributed by atoms with van der Waals surface area (Å²) in [5.74, 6) is 5.89. The molecule has 0 atom stereocenters. The van der Waals surface area contributed by atoms with Gasteiger partial charge in [0.25, 0.3) is 0 Å². The van der Waals surface area contributed by atoms with Crippen LogP contribution in [-0.2, 0) is 0 Å². The van der Waals surface area contributed by atoms with E-state index in [1.54, 1.807) is 6.07 Å². The molecule has 0 aromatic heterocycles. The molecule has 1 aliphatic rings. The molecule has 5 heteroatoms. The highest BCUT2D eigenvalue weighted by atomic mass is 32.1. The molecule has 78 valence electrons. The molecular weight excluding hydrogens is 222 g/mol. The van der Waals surface area contributed by atoms with Crippen molar-refractivity contribution < 1.29 is 18.3 Å². The fourth-order valence-corrected chi connectivity index (χ4v) is 1.25. The minimum atomic E-state index is -3.57. The van der Waals surface area contributed by atoms with E-state index in [4.69, 9.17) is 0 Å². The summed E-state index contributed by atoms with van der Waals surface area (Å²) in [5.41, 5.74) is 0.587. The molecular formula is C10H6F2O2S. The Morgan fingerprint density at radius 2 is 2.00 bits per heavy atom. The Hall–Kier alpha value is -1.41. The van der Waals surface area contributed by atoms with Crippen LogP contribution in [0, 0.1) is 11.8 Å². The second-order valence-electron chi connectivity index (χ2n) is 2.79. The van der Waals surface area contributed by atoms with E-state index in [0.717, 1.165) is 0 Å². The fourth-order valence-electron chi connectivity index (χ4n) is 1.17. The van der Waals surface area contributed by atoms with E-state index in [2.05, 4.69) is 33.9 Å². The van der Waals surface area contributed by atoms with E-state index in [-0.39, 0.29) is 11.5 Å². The number of fused-ring (bicyclic) bond motifs is 1. The molecule has 1 heterocycles. The van der Waals surface area contributed by atoms with Crippen molar-refractivity contribution in [1.82, 2.24) is 0 Å². The molecule has 2 rings (SSSR count). The maximum atomic E-state index is 12.6. The van der Waals surface area contributed by atoms with E-state index >= 15 is 0 Å². The lowest BCUT2D eigenvalue weighted by molar-refractivity contribution is -0.286. The summed E-state index contributed by atoms with van der Waals surface area (Å²) < 4.78 is 33.8. The summed E-state index contributed by atoms with van der Waals surface area (Å²) >= 11 is 3.91. The lowest BCUT2D eigenvalue weighted by Gasteiger charge is -2.04. The Balaban J connectivity index is 2.30. The van der Waals surface area contributed by atoms with Gasteiger partial charge in [-0.3, -0.25) is 0 Å². The molecule has 0 fully saturated rings. The van der Waals surface area contributed by atoms with E-state index in [1.165, 1.54) is 12.1 Å². The molecule has 0 N–H and O–H groups in total. The minimum Gasteiger partial charge on any atom is -0.395 e. The highest BCUT2D eigenvalue weighted by Crippen LogP contribution is 2.40. The van der Waals surface area contributed by atoms with Crippen LogP contribution in [0.4, 0.5) is 8.78 Å². The topological polar surface area (TPSA) is 18.5 Å². The first kappa shape index (κ1) is 10.1. The molecule has 2 nitrogen and oxygen atoms in total. The number of ether oxygens (including phenoxy) is 2. The Bertz CT molecular complexity index is 448. The summed E-state index contributed by atoms with van der Waals surface area (Å²) in [6.45, 7) is 0. The van der Waals surface area contributed by atoms with Crippen LogP contribution in [0.1, 0.15) is 5.56 Å². The highest BCUT2D eigenvalue weighted by Gasteiger charge is 2.43. The fraction of sp³-hybridized carbons (Fsp3) is 0.200. The van der Waals surface area contributed by atoms with Crippen molar-refractivity contribution >= 4 is 12.6 Å². The van der Waals surface area contributed by atoms with Crippen molar-refractivity contribution in [3.05, 3.63) is 23.8 Å². The second kappa shape index (κ2) is 3.63. The Labute approximate surface area is 90.6 Å². The predicted octanol–water partition coefficient (Wildman–Crippen LogP) is 2.29. The van der Waals surface area contributed by atoms with E-state index in [1.807, 2.05) is 0 Å². The van der Waals surface area contributed by atoms with Crippen LogP contribution in [0.5, 0.6) is 11.5 Å². The summed E-state index contributed by atoms with van der Waals surface area (Å²) in [6, 6.07) is 4.39. The van der Waals surface area contributed by atoms with Crippen LogP contribution >= 0.6 is 12.6 Å². The molecule has 0 amide bonds. The standard InChI is InChI=1S/C10H6F2O2S/c11-10(12)13-8-4-3-7(2-1-5-15)6-9(8)14-10/h3-4,6,15H,5H2. The van der Waals surface area contributed by atoms with Gasteiger partial charge in [0.05, 0.1) is 5.75 Å². The second-order valence-corrected chi connectivity index (χ2v) is 3.11. The van der Waals surface area contributed by atoms with E-state index in [0.29, 0.717) is 11.3 Å². The molecule has 1 aromatic carbocycles. The zero-order valence-corrected chi connectivity index (χ0v) is 8.35. The quantitative estimate of drug-likeness (QED) is 0.542. The molecule has 0 unspecified atom stereocenters.